The summed E-state index contributed by atoms with van der Waals surface area (Å²) in [6.45, 7) is 4.71. The number of allylic oxidation sites excluding steroid dienone is 2. The van der Waals surface area contributed by atoms with Crippen molar-refractivity contribution in [2.75, 3.05) is 40.9 Å². The number of rotatable bonds is 42. The van der Waals surface area contributed by atoms with E-state index in [1.807, 2.05) is 21.1 Å². The quantitative estimate of drug-likeness (QED) is 0.0276. The van der Waals surface area contributed by atoms with Crippen LogP contribution in [0.4, 0.5) is 0 Å². The van der Waals surface area contributed by atoms with Crippen molar-refractivity contribution in [2.24, 2.45) is 0 Å². The zero-order chi connectivity index (χ0) is 40.0. The molecule has 1 amide bonds. The summed E-state index contributed by atoms with van der Waals surface area (Å²) in [4.78, 5) is 25.3. The fourth-order valence-electron chi connectivity index (χ4n) is 6.80. The molecule has 0 heterocycles. The molecule has 1 unspecified atom stereocenters. The first-order chi connectivity index (χ1) is 26.0. The molecular formula is C45H91N2O6P. The predicted octanol–water partition coefficient (Wildman–Crippen LogP) is 12.1. The standard InChI is InChI=1S/C45H91N2O6P/c1-6-8-10-12-14-16-18-19-20-21-22-23-24-25-26-27-29-31-33-35-37-39-45(49)46-43(42-53-54(50,51)52-41-40-47(3,4)5)44(48)38-36-34-32-30-28-17-15-13-11-9-7-2/h19-20,43-44,48H,6-18,21-42H2,1-5H3,(H-,46,49,50,51)/b20-19+/t43-,44+/m0/s1. The lowest BCUT2D eigenvalue weighted by Gasteiger charge is -2.30. The van der Waals surface area contributed by atoms with Crippen molar-refractivity contribution in [3.8, 4) is 0 Å². The van der Waals surface area contributed by atoms with E-state index < -0.39 is 20.0 Å². The molecule has 0 saturated heterocycles. The molecule has 0 aliphatic heterocycles. The molecule has 0 saturated carbocycles. The Labute approximate surface area is 335 Å². The summed E-state index contributed by atoms with van der Waals surface area (Å²) in [5.41, 5.74) is 0. The average Bonchev–Trinajstić information content (AvgIpc) is 3.12. The number of likely N-dealkylation sites (N-methyl/N-ethyl adjacent to an activating group) is 1. The van der Waals surface area contributed by atoms with E-state index in [9.17, 15) is 19.4 Å². The van der Waals surface area contributed by atoms with E-state index in [1.165, 1.54) is 154 Å². The number of nitrogens with one attached hydrogen (secondary N) is 1. The lowest BCUT2D eigenvalue weighted by Crippen LogP contribution is -2.46. The van der Waals surface area contributed by atoms with Crippen molar-refractivity contribution >= 4 is 13.7 Å². The van der Waals surface area contributed by atoms with E-state index in [2.05, 4.69) is 31.3 Å². The minimum absolute atomic E-state index is 0.0140. The molecule has 0 aromatic rings. The number of aliphatic hydroxyl groups is 1. The highest BCUT2D eigenvalue weighted by Crippen LogP contribution is 2.38. The second-order valence-electron chi connectivity index (χ2n) is 17.1. The summed E-state index contributed by atoms with van der Waals surface area (Å²) >= 11 is 0. The number of nitrogens with zero attached hydrogens (tertiary/aromatic N) is 1. The molecular weight excluding hydrogens is 695 g/mol. The van der Waals surface area contributed by atoms with Crippen LogP contribution in [0, 0.1) is 0 Å². The summed E-state index contributed by atoms with van der Waals surface area (Å²) in [5.74, 6) is -0.165. The first-order valence-electron chi connectivity index (χ1n) is 23.0. The fraction of sp³-hybridized carbons (Fsp3) is 0.933. The van der Waals surface area contributed by atoms with Crippen LogP contribution in [0.2, 0.25) is 0 Å². The van der Waals surface area contributed by atoms with Crippen LogP contribution in [-0.4, -0.2) is 68.5 Å². The number of carbonyl (C=O) groups is 1. The van der Waals surface area contributed by atoms with Crippen LogP contribution < -0.4 is 10.2 Å². The van der Waals surface area contributed by atoms with Gasteiger partial charge in [-0.1, -0.05) is 187 Å². The van der Waals surface area contributed by atoms with Gasteiger partial charge in [-0.2, -0.15) is 0 Å². The second kappa shape index (κ2) is 37.8. The number of amides is 1. The van der Waals surface area contributed by atoms with E-state index >= 15 is 0 Å². The van der Waals surface area contributed by atoms with Crippen molar-refractivity contribution in [1.29, 1.82) is 0 Å². The van der Waals surface area contributed by atoms with Gasteiger partial charge in [-0.05, 0) is 38.5 Å². The largest absolute Gasteiger partial charge is 0.756 e. The zero-order valence-electron chi connectivity index (χ0n) is 36.4. The number of phosphoric ester groups is 1. The molecule has 0 aliphatic carbocycles. The van der Waals surface area contributed by atoms with Crippen LogP contribution in [-0.2, 0) is 18.4 Å². The summed E-state index contributed by atoms with van der Waals surface area (Å²) < 4.78 is 23.2. The summed E-state index contributed by atoms with van der Waals surface area (Å²) in [6, 6.07) is -0.795. The molecule has 0 spiro atoms. The van der Waals surface area contributed by atoms with Gasteiger partial charge in [-0.15, -0.1) is 0 Å². The monoisotopic (exact) mass is 787 g/mol. The van der Waals surface area contributed by atoms with Gasteiger partial charge in [-0.3, -0.25) is 9.36 Å². The Kier molecular flexibility index (Phi) is 37.3. The van der Waals surface area contributed by atoms with Gasteiger partial charge >= 0.3 is 0 Å². The number of aliphatic hydroxyl groups excluding tert-OH is 1. The smallest absolute Gasteiger partial charge is 0.268 e. The third-order valence-electron chi connectivity index (χ3n) is 10.5. The van der Waals surface area contributed by atoms with Crippen molar-refractivity contribution in [2.45, 2.75) is 231 Å². The fourth-order valence-corrected chi connectivity index (χ4v) is 7.52. The molecule has 0 rings (SSSR count). The highest BCUT2D eigenvalue weighted by Gasteiger charge is 2.24. The van der Waals surface area contributed by atoms with Crippen LogP contribution in [0.1, 0.15) is 219 Å². The average molecular weight is 787 g/mol. The maximum Gasteiger partial charge on any atom is 0.268 e. The molecule has 9 heteroatoms. The Hall–Kier alpha value is -0.760. The molecule has 2 N–H and O–H groups in total. The highest BCUT2D eigenvalue weighted by molar-refractivity contribution is 7.45. The van der Waals surface area contributed by atoms with Crippen LogP contribution in [0.25, 0.3) is 0 Å². The molecule has 0 fully saturated rings. The van der Waals surface area contributed by atoms with Crippen LogP contribution in [0.5, 0.6) is 0 Å². The Morgan fingerprint density at radius 1 is 0.630 bits per heavy atom. The van der Waals surface area contributed by atoms with Crippen molar-refractivity contribution < 1.29 is 32.9 Å². The first-order valence-corrected chi connectivity index (χ1v) is 24.5. The van der Waals surface area contributed by atoms with Gasteiger partial charge in [0.2, 0.25) is 5.91 Å². The van der Waals surface area contributed by atoms with Gasteiger partial charge < -0.3 is 28.8 Å². The van der Waals surface area contributed by atoms with Gasteiger partial charge in [0.1, 0.15) is 13.2 Å². The number of carbonyl (C=O) groups excluding carboxylic acids is 1. The van der Waals surface area contributed by atoms with Gasteiger partial charge in [-0.25, -0.2) is 0 Å². The zero-order valence-corrected chi connectivity index (χ0v) is 37.3. The molecule has 0 aromatic carbocycles. The Morgan fingerprint density at radius 2 is 1.02 bits per heavy atom. The Balaban J connectivity index is 4.23. The van der Waals surface area contributed by atoms with E-state index in [4.69, 9.17) is 9.05 Å². The van der Waals surface area contributed by atoms with E-state index in [0.717, 1.165) is 38.5 Å². The number of hydrogen-bond acceptors (Lipinski definition) is 6. The molecule has 54 heavy (non-hydrogen) atoms. The predicted molar refractivity (Wildman–Crippen MR) is 229 cm³/mol. The van der Waals surface area contributed by atoms with Crippen LogP contribution >= 0.6 is 7.82 Å². The van der Waals surface area contributed by atoms with Gasteiger partial charge in [0.15, 0.2) is 0 Å². The molecule has 0 aliphatic rings. The molecule has 0 aromatic heterocycles. The van der Waals surface area contributed by atoms with Gasteiger partial charge in [0.25, 0.3) is 7.82 Å². The van der Waals surface area contributed by atoms with Crippen molar-refractivity contribution in [3.05, 3.63) is 12.2 Å². The Morgan fingerprint density at radius 3 is 1.44 bits per heavy atom. The van der Waals surface area contributed by atoms with Gasteiger partial charge in [0.05, 0.1) is 39.9 Å². The highest BCUT2D eigenvalue weighted by atomic mass is 31.2. The normalized spacial score (nSPS) is 14.4. The summed E-state index contributed by atoms with van der Waals surface area (Å²) in [5, 5.41) is 13.9. The number of quaternary nitrogens is 1. The molecule has 3 atom stereocenters. The maximum absolute atomic E-state index is 12.9. The number of hydrogen-bond donors (Lipinski definition) is 2. The minimum Gasteiger partial charge on any atom is -0.756 e. The first kappa shape index (κ1) is 53.2. The van der Waals surface area contributed by atoms with Crippen LogP contribution in [0.3, 0.4) is 0 Å². The topological polar surface area (TPSA) is 108 Å². The van der Waals surface area contributed by atoms with Crippen LogP contribution in [0.15, 0.2) is 12.2 Å². The minimum atomic E-state index is -4.56. The third kappa shape index (κ3) is 39.5. The molecule has 8 nitrogen and oxygen atoms in total. The maximum atomic E-state index is 12.9. The van der Waals surface area contributed by atoms with E-state index in [0.29, 0.717) is 23.9 Å². The second-order valence-corrected chi connectivity index (χ2v) is 18.5. The molecule has 322 valence electrons. The summed E-state index contributed by atoms with van der Waals surface area (Å²) in [7, 11) is 1.31. The van der Waals surface area contributed by atoms with Crippen molar-refractivity contribution in [3.63, 3.8) is 0 Å². The molecule has 0 radical (unpaired) electrons. The van der Waals surface area contributed by atoms with E-state index in [1.54, 1.807) is 0 Å². The number of unbranched alkanes of at least 4 members (excludes halogenated alkanes) is 27. The molecule has 0 bridgehead atoms. The SMILES string of the molecule is CCCCCCCC/C=C/CCCCCCCCCCCCCC(=O)N[C@@H](COP(=O)([O-])OCC[N+](C)(C)C)[C@H](O)CCCCCCCCCCCCC. The van der Waals surface area contributed by atoms with Gasteiger partial charge in [0, 0.05) is 6.42 Å². The third-order valence-corrected chi connectivity index (χ3v) is 11.5. The number of phosphoric acid groups is 1. The lowest BCUT2D eigenvalue weighted by atomic mass is 10.0. The van der Waals surface area contributed by atoms with E-state index in [-0.39, 0.29) is 19.1 Å². The summed E-state index contributed by atoms with van der Waals surface area (Å²) in [6.07, 6.45) is 42.2. The Bertz CT molecular complexity index is 896. The van der Waals surface area contributed by atoms with Crippen molar-refractivity contribution in [1.82, 2.24) is 5.32 Å². The lowest BCUT2D eigenvalue weighted by molar-refractivity contribution is -0.870.